The van der Waals surface area contributed by atoms with Gasteiger partial charge in [0.2, 0.25) is 10.0 Å². The number of carboxylic acid groups (broad SMARTS) is 1. The van der Waals surface area contributed by atoms with E-state index in [0.717, 1.165) is 36.9 Å². The summed E-state index contributed by atoms with van der Waals surface area (Å²) in [6.07, 6.45) is 5.62. The quantitative estimate of drug-likeness (QED) is 0.278. The predicted octanol–water partition coefficient (Wildman–Crippen LogP) is 6.75. The third kappa shape index (κ3) is 8.52. The number of para-hydroxylation sites is 1. The monoisotopic (exact) mass is 641 g/mol. The lowest BCUT2D eigenvalue weighted by Gasteiger charge is -2.36. The number of aryl methyl sites for hydroxylation is 1. The normalized spacial score (nSPS) is 18.3. The first kappa shape index (κ1) is 33.3. The number of sulfonamides is 1. The molecule has 1 atom stereocenters. The number of carbonyl (C=O) groups excluding carboxylic acids is 1. The van der Waals surface area contributed by atoms with E-state index >= 15 is 0 Å². The zero-order valence-electron chi connectivity index (χ0n) is 24.9. The molecule has 1 aliphatic carbocycles. The third-order valence-electron chi connectivity index (χ3n) is 8.24. The Morgan fingerprint density at radius 2 is 1.64 bits per heavy atom. The van der Waals surface area contributed by atoms with E-state index in [2.05, 4.69) is 9.64 Å². The first-order valence-corrected chi connectivity index (χ1v) is 16.7. The zero-order valence-corrected chi connectivity index (χ0v) is 26.5. The molecule has 0 bridgehead atoms. The van der Waals surface area contributed by atoms with E-state index in [9.17, 15) is 18.0 Å². The molecule has 1 aliphatic heterocycles. The summed E-state index contributed by atoms with van der Waals surface area (Å²) in [5.41, 5.74) is 7.89. The minimum Gasteiger partial charge on any atom is -0.481 e. The Labute approximate surface area is 264 Å². The van der Waals surface area contributed by atoms with Crippen molar-refractivity contribution in [2.24, 2.45) is 11.7 Å². The number of primary amides is 1. The number of nitrogens with two attached hydrogens (primary N) is 1. The van der Waals surface area contributed by atoms with Crippen LogP contribution in [0.4, 0.5) is 16.2 Å². The number of hydrogen-bond donors (Lipinski definition) is 2. The van der Waals surface area contributed by atoms with Crippen LogP contribution in [0.2, 0.25) is 5.02 Å². The Kier molecular flexibility index (Phi) is 11.7. The molecule has 1 fully saturated rings. The Hall–Kier alpha value is -3.60. The highest BCUT2D eigenvalue weighted by molar-refractivity contribution is 7.89. The average Bonchev–Trinajstić information content (AvgIpc) is 3.10. The summed E-state index contributed by atoms with van der Waals surface area (Å²) < 4.78 is 33.9. The second-order valence-corrected chi connectivity index (χ2v) is 13.6. The molecular weight excluding hydrogens is 602 g/mol. The maximum absolute atomic E-state index is 13.9. The molecule has 1 heterocycles. The molecule has 0 radical (unpaired) electrons. The number of nitrogens with zero attached hydrogens (tertiary/aromatic N) is 2. The molecule has 3 aromatic carbocycles. The van der Waals surface area contributed by atoms with Gasteiger partial charge < -0.3 is 20.5 Å². The number of carbonyl (C=O) groups is 2. The van der Waals surface area contributed by atoms with Crippen LogP contribution in [0.25, 0.3) is 0 Å². The summed E-state index contributed by atoms with van der Waals surface area (Å²) in [5, 5.41) is 9.45. The number of fused-ring (bicyclic) bond motifs is 1. The van der Waals surface area contributed by atoms with Gasteiger partial charge in [0.15, 0.2) is 0 Å². The van der Waals surface area contributed by atoms with Gasteiger partial charge in [-0.2, -0.15) is 4.31 Å². The number of rotatable bonds is 8. The molecule has 11 heteroatoms. The van der Waals surface area contributed by atoms with Crippen LogP contribution in [-0.2, 0) is 32.6 Å². The van der Waals surface area contributed by atoms with Crippen LogP contribution < -0.4 is 10.6 Å². The number of aliphatic carboxylic acids is 1. The molecular formula is C33H40ClN3O6S. The van der Waals surface area contributed by atoms with Crippen molar-refractivity contribution in [2.45, 2.75) is 68.9 Å². The lowest BCUT2D eigenvalue weighted by Crippen LogP contribution is -2.46. The van der Waals surface area contributed by atoms with Crippen LogP contribution in [0.1, 0.15) is 56.1 Å². The molecule has 0 unspecified atom stereocenters. The molecule has 2 aliphatic rings. The first-order valence-electron chi connectivity index (χ1n) is 14.9. The number of hydrogen-bond acceptors (Lipinski definition) is 6. The van der Waals surface area contributed by atoms with Crippen LogP contribution in [0.5, 0.6) is 0 Å². The van der Waals surface area contributed by atoms with E-state index in [1.807, 2.05) is 60.7 Å². The molecule has 236 valence electrons. The van der Waals surface area contributed by atoms with E-state index in [-0.39, 0.29) is 24.0 Å². The van der Waals surface area contributed by atoms with Gasteiger partial charge in [0.25, 0.3) is 0 Å². The fourth-order valence-electron chi connectivity index (χ4n) is 5.90. The van der Waals surface area contributed by atoms with E-state index in [1.165, 1.54) is 6.42 Å². The Balaban J connectivity index is 0.000000339. The molecule has 5 rings (SSSR count). The van der Waals surface area contributed by atoms with E-state index in [1.54, 1.807) is 23.5 Å². The van der Waals surface area contributed by atoms with Crippen LogP contribution in [0.15, 0.2) is 77.7 Å². The van der Waals surface area contributed by atoms with E-state index < -0.39 is 22.1 Å². The van der Waals surface area contributed by atoms with E-state index in [4.69, 9.17) is 22.4 Å². The molecule has 0 aromatic heterocycles. The second-order valence-electron chi connectivity index (χ2n) is 11.2. The van der Waals surface area contributed by atoms with Gasteiger partial charge >= 0.3 is 12.1 Å². The minimum atomic E-state index is -3.76. The lowest BCUT2D eigenvalue weighted by molar-refractivity contribution is -0.137. The molecule has 3 aromatic rings. The number of anilines is 2. The Bertz CT molecular complexity index is 1520. The van der Waals surface area contributed by atoms with Crippen molar-refractivity contribution in [1.82, 2.24) is 4.31 Å². The maximum Gasteiger partial charge on any atom is 0.404 e. The minimum absolute atomic E-state index is 0.0139. The summed E-state index contributed by atoms with van der Waals surface area (Å²) in [7, 11) is -2.06. The predicted molar refractivity (Wildman–Crippen MR) is 172 cm³/mol. The highest BCUT2D eigenvalue weighted by atomic mass is 35.5. The fraction of sp³-hybridized carbons (Fsp3) is 0.394. The molecule has 0 saturated heterocycles. The van der Waals surface area contributed by atoms with Gasteiger partial charge in [-0.05, 0) is 67.0 Å². The standard InChI is InChI=1S/C25H31ClN2O4S.C8H9NO2/c1-27-23(18-9-4-2-5-10-18)17-28(20-12-6-3-7-13-20)22-16-21(26)19(11-8-14-25(29)30)15-24(22)33(27,31)32;9-8(10)11-6-7-4-2-1-3-5-7/h3,6-7,12-13,15-16,18,23H,2,4-5,8-11,14,17H2,1H3,(H,29,30);1-5H,6H2,(H2,9,10)/t23-;/m0./s1. The summed E-state index contributed by atoms with van der Waals surface area (Å²) in [6, 6.07) is 22.5. The van der Waals surface area contributed by atoms with Crippen molar-refractivity contribution in [2.75, 3.05) is 18.5 Å². The molecule has 3 N–H and O–H groups in total. The zero-order chi connectivity index (χ0) is 31.7. The highest BCUT2D eigenvalue weighted by Gasteiger charge is 2.41. The van der Waals surface area contributed by atoms with Gasteiger partial charge in [0.05, 0.1) is 5.69 Å². The smallest absolute Gasteiger partial charge is 0.404 e. The summed E-state index contributed by atoms with van der Waals surface area (Å²) in [6.45, 7) is 0.808. The molecule has 9 nitrogen and oxygen atoms in total. The number of ether oxygens (including phenoxy) is 1. The molecule has 1 saturated carbocycles. The van der Waals surface area contributed by atoms with Crippen LogP contribution >= 0.6 is 11.6 Å². The van der Waals surface area contributed by atoms with Crippen LogP contribution in [0, 0.1) is 5.92 Å². The fourth-order valence-corrected chi connectivity index (χ4v) is 7.79. The van der Waals surface area contributed by atoms with Gasteiger partial charge in [-0.1, -0.05) is 79.4 Å². The van der Waals surface area contributed by atoms with Crippen molar-refractivity contribution >= 4 is 45.1 Å². The third-order valence-corrected chi connectivity index (χ3v) is 10.5. The summed E-state index contributed by atoms with van der Waals surface area (Å²) in [4.78, 5) is 23.4. The lowest BCUT2D eigenvalue weighted by atomic mass is 9.83. The van der Waals surface area contributed by atoms with Crippen molar-refractivity contribution < 1.29 is 27.9 Å². The average molecular weight is 642 g/mol. The number of carboxylic acids is 1. The largest absolute Gasteiger partial charge is 0.481 e. The number of halogens is 1. The second kappa shape index (κ2) is 15.4. The van der Waals surface area contributed by atoms with Crippen molar-refractivity contribution in [1.29, 1.82) is 0 Å². The number of amides is 1. The Morgan fingerprint density at radius 1 is 1.00 bits per heavy atom. The van der Waals surface area contributed by atoms with E-state index in [0.29, 0.717) is 41.6 Å². The van der Waals surface area contributed by atoms with Gasteiger partial charge in [-0.3, -0.25) is 4.79 Å². The summed E-state index contributed by atoms with van der Waals surface area (Å²) >= 11 is 6.61. The van der Waals surface area contributed by atoms with Crippen molar-refractivity contribution in [3.05, 3.63) is 88.9 Å². The SMILES string of the molecule is CN1[C@H](C2CCCCC2)CN(c2ccccc2)c2cc(Cl)c(CCCC(=O)O)cc2S1(=O)=O.NC(=O)OCc1ccccc1. The molecule has 0 spiro atoms. The number of likely N-dealkylation sites (N-methyl/N-ethyl adjacent to an activating group) is 1. The topological polar surface area (TPSA) is 130 Å². The van der Waals surface area contributed by atoms with Crippen LogP contribution in [0.3, 0.4) is 0 Å². The first-order chi connectivity index (χ1) is 21.1. The Morgan fingerprint density at radius 3 is 2.25 bits per heavy atom. The molecule has 44 heavy (non-hydrogen) atoms. The summed E-state index contributed by atoms with van der Waals surface area (Å²) in [5.74, 6) is -0.566. The van der Waals surface area contributed by atoms with Crippen molar-refractivity contribution in [3.8, 4) is 0 Å². The van der Waals surface area contributed by atoms with Crippen molar-refractivity contribution in [3.63, 3.8) is 0 Å². The van der Waals surface area contributed by atoms with Gasteiger partial charge in [0.1, 0.15) is 11.5 Å². The molecule has 1 amide bonds. The highest BCUT2D eigenvalue weighted by Crippen LogP contribution is 2.42. The maximum atomic E-state index is 13.9. The van der Waals surface area contributed by atoms with Gasteiger partial charge in [-0.15, -0.1) is 0 Å². The van der Waals surface area contributed by atoms with Gasteiger partial charge in [-0.25, -0.2) is 13.2 Å². The van der Waals surface area contributed by atoms with Gasteiger partial charge in [0, 0.05) is 36.8 Å². The number of benzene rings is 3. The van der Waals surface area contributed by atoms with Crippen LogP contribution in [-0.4, -0.2) is 49.5 Å².